The third-order valence-electron chi connectivity index (χ3n) is 2.56. The third-order valence-corrected chi connectivity index (χ3v) is 2.56. The van der Waals surface area contributed by atoms with Gasteiger partial charge in [0.25, 0.3) is 5.91 Å². The van der Waals surface area contributed by atoms with Crippen molar-refractivity contribution < 1.29 is 14.3 Å². The number of amides is 1. The monoisotopic (exact) mass is 251 g/mol. The summed E-state index contributed by atoms with van der Waals surface area (Å²) in [5, 5.41) is 0. The molecule has 0 aromatic carbocycles. The van der Waals surface area contributed by atoms with Crippen molar-refractivity contribution in [2.75, 3.05) is 26.4 Å². The van der Waals surface area contributed by atoms with Gasteiger partial charge in [0.15, 0.2) is 0 Å². The van der Waals surface area contributed by atoms with Crippen LogP contribution in [0, 0.1) is 6.92 Å². The topological polar surface area (TPSA) is 85.5 Å². The van der Waals surface area contributed by atoms with E-state index in [1.165, 1.54) is 18.2 Å². The zero-order chi connectivity index (χ0) is 13.7. The molecule has 0 spiro atoms. The van der Waals surface area contributed by atoms with Gasteiger partial charge in [0.2, 0.25) is 0 Å². The molecule has 0 aliphatic heterocycles. The highest BCUT2D eigenvalue weighted by Gasteiger charge is 2.16. The van der Waals surface area contributed by atoms with Crippen molar-refractivity contribution in [1.29, 1.82) is 0 Å². The number of carbonyl (C=O) groups is 2. The minimum Gasteiger partial charge on any atom is -0.469 e. The molecule has 0 fully saturated rings. The normalized spacial score (nSPS) is 9.94. The fraction of sp³-hybridized carbons (Fsp3) is 0.417. The molecule has 18 heavy (non-hydrogen) atoms. The zero-order valence-corrected chi connectivity index (χ0v) is 10.8. The van der Waals surface area contributed by atoms with Crippen molar-refractivity contribution in [3.05, 3.63) is 23.5 Å². The van der Waals surface area contributed by atoms with E-state index in [4.69, 9.17) is 5.73 Å². The van der Waals surface area contributed by atoms with Crippen LogP contribution in [0.25, 0.3) is 0 Å². The van der Waals surface area contributed by atoms with Crippen molar-refractivity contribution in [1.82, 2.24) is 9.88 Å². The maximum Gasteiger partial charge on any atom is 0.307 e. The molecule has 0 aliphatic rings. The quantitative estimate of drug-likeness (QED) is 0.792. The lowest BCUT2D eigenvalue weighted by molar-refractivity contribution is -0.140. The van der Waals surface area contributed by atoms with Gasteiger partial charge < -0.3 is 15.4 Å². The van der Waals surface area contributed by atoms with Gasteiger partial charge in [-0.2, -0.15) is 0 Å². The SMILES string of the molecule is COC(=O)CCN(C)C(=O)c1cc(N)cnc1C. The molecule has 98 valence electrons. The van der Waals surface area contributed by atoms with Gasteiger partial charge in [-0.3, -0.25) is 14.6 Å². The molecule has 0 saturated carbocycles. The minimum atomic E-state index is -0.350. The molecule has 2 N–H and O–H groups in total. The predicted molar refractivity (Wildman–Crippen MR) is 67.0 cm³/mol. The number of aryl methyl sites for hydroxylation is 1. The van der Waals surface area contributed by atoms with Gasteiger partial charge in [-0.1, -0.05) is 0 Å². The van der Waals surface area contributed by atoms with Crippen molar-refractivity contribution in [2.45, 2.75) is 13.3 Å². The molecule has 1 aromatic heterocycles. The highest BCUT2D eigenvalue weighted by molar-refractivity contribution is 5.96. The molecule has 0 saturated heterocycles. The number of nitrogens with zero attached hydrogens (tertiary/aromatic N) is 2. The summed E-state index contributed by atoms with van der Waals surface area (Å²) >= 11 is 0. The molecule has 6 heteroatoms. The Kier molecular flexibility index (Phi) is 4.65. The van der Waals surface area contributed by atoms with Crippen LogP contribution in [0.2, 0.25) is 0 Å². The van der Waals surface area contributed by atoms with Crippen LogP contribution in [0.1, 0.15) is 22.5 Å². The Morgan fingerprint density at radius 3 is 2.78 bits per heavy atom. The van der Waals surface area contributed by atoms with Crippen LogP contribution in [0.3, 0.4) is 0 Å². The van der Waals surface area contributed by atoms with Crippen LogP contribution < -0.4 is 5.73 Å². The van der Waals surface area contributed by atoms with Gasteiger partial charge in [-0.05, 0) is 13.0 Å². The Labute approximate surface area is 106 Å². The largest absolute Gasteiger partial charge is 0.469 e. The maximum absolute atomic E-state index is 12.1. The Balaban J connectivity index is 2.74. The van der Waals surface area contributed by atoms with Crippen LogP contribution in [0.15, 0.2) is 12.3 Å². The Hall–Kier alpha value is -2.11. The lowest BCUT2D eigenvalue weighted by atomic mass is 10.1. The Morgan fingerprint density at radius 2 is 2.17 bits per heavy atom. The minimum absolute atomic E-state index is 0.160. The summed E-state index contributed by atoms with van der Waals surface area (Å²) in [6.07, 6.45) is 1.66. The fourth-order valence-electron chi connectivity index (χ4n) is 1.43. The Bertz CT molecular complexity index is 460. The first-order valence-corrected chi connectivity index (χ1v) is 5.50. The number of hydrogen-bond acceptors (Lipinski definition) is 5. The number of ether oxygens (including phenoxy) is 1. The summed E-state index contributed by atoms with van der Waals surface area (Å²) < 4.78 is 4.52. The average molecular weight is 251 g/mol. The van der Waals surface area contributed by atoms with E-state index in [1.54, 1.807) is 20.0 Å². The number of nitrogen functional groups attached to an aromatic ring is 1. The number of methoxy groups -OCH3 is 1. The number of hydrogen-bond donors (Lipinski definition) is 1. The number of nitrogens with two attached hydrogens (primary N) is 1. The van der Waals surface area contributed by atoms with E-state index >= 15 is 0 Å². The first-order chi connectivity index (χ1) is 8.45. The van der Waals surface area contributed by atoms with Gasteiger partial charge in [-0.15, -0.1) is 0 Å². The number of anilines is 1. The van der Waals surface area contributed by atoms with Crippen molar-refractivity contribution in [2.24, 2.45) is 0 Å². The van der Waals surface area contributed by atoms with Gasteiger partial charge in [0.1, 0.15) is 0 Å². The van der Waals surface area contributed by atoms with Gasteiger partial charge in [0.05, 0.1) is 36.7 Å². The van der Waals surface area contributed by atoms with Crippen molar-refractivity contribution in [3.63, 3.8) is 0 Å². The summed E-state index contributed by atoms with van der Waals surface area (Å²) in [5.41, 5.74) is 7.09. The molecule has 0 radical (unpaired) electrons. The highest BCUT2D eigenvalue weighted by Crippen LogP contribution is 2.12. The Morgan fingerprint density at radius 1 is 1.50 bits per heavy atom. The van der Waals surface area contributed by atoms with E-state index in [1.807, 2.05) is 0 Å². The summed E-state index contributed by atoms with van der Waals surface area (Å²) in [6.45, 7) is 2.03. The van der Waals surface area contributed by atoms with E-state index in [9.17, 15) is 9.59 Å². The lowest BCUT2D eigenvalue weighted by Gasteiger charge is -2.17. The number of rotatable bonds is 4. The summed E-state index contributed by atoms with van der Waals surface area (Å²) in [7, 11) is 2.93. The molecule has 1 rings (SSSR count). The molecule has 6 nitrogen and oxygen atoms in total. The van der Waals surface area contributed by atoms with Crippen molar-refractivity contribution in [3.8, 4) is 0 Å². The summed E-state index contributed by atoms with van der Waals surface area (Å²) in [4.78, 5) is 28.6. The standard InChI is InChI=1S/C12H17N3O3/c1-8-10(6-9(13)7-14-8)12(17)15(2)5-4-11(16)18-3/h6-7H,4-5,13H2,1-3H3. The van der Waals surface area contributed by atoms with E-state index in [0.717, 1.165) is 0 Å². The third kappa shape index (κ3) is 3.44. The second kappa shape index (κ2) is 6.00. The second-order valence-electron chi connectivity index (χ2n) is 3.95. The van der Waals surface area contributed by atoms with E-state index < -0.39 is 0 Å². The molecule has 0 atom stereocenters. The molecule has 1 amide bonds. The molecule has 0 bridgehead atoms. The smallest absolute Gasteiger partial charge is 0.307 e. The summed E-state index contributed by atoms with van der Waals surface area (Å²) in [5.74, 6) is -0.562. The summed E-state index contributed by atoms with van der Waals surface area (Å²) in [6, 6.07) is 1.58. The van der Waals surface area contributed by atoms with Crippen LogP contribution in [0.4, 0.5) is 5.69 Å². The zero-order valence-electron chi connectivity index (χ0n) is 10.8. The fourth-order valence-corrected chi connectivity index (χ4v) is 1.43. The van der Waals surface area contributed by atoms with Gasteiger partial charge >= 0.3 is 5.97 Å². The maximum atomic E-state index is 12.1. The molecular weight excluding hydrogens is 234 g/mol. The first-order valence-electron chi connectivity index (χ1n) is 5.50. The number of esters is 1. The van der Waals surface area contributed by atoms with Crippen LogP contribution >= 0.6 is 0 Å². The number of pyridine rings is 1. The predicted octanol–water partition coefficient (Wildman–Crippen LogP) is 0.607. The average Bonchev–Trinajstić information content (AvgIpc) is 2.37. The molecule has 0 unspecified atom stereocenters. The highest BCUT2D eigenvalue weighted by atomic mass is 16.5. The van der Waals surface area contributed by atoms with Crippen LogP contribution in [-0.2, 0) is 9.53 Å². The van der Waals surface area contributed by atoms with Crippen LogP contribution in [-0.4, -0.2) is 42.5 Å². The molecule has 1 aromatic rings. The molecule has 1 heterocycles. The molecule has 0 aliphatic carbocycles. The van der Waals surface area contributed by atoms with E-state index in [-0.39, 0.29) is 18.3 Å². The van der Waals surface area contributed by atoms with Gasteiger partial charge in [0, 0.05) is 13.6 Å². The van der Waals surface area contributed by atoms with Crippen LogP contribution in [0.5, 0.6) is 0 Å². The van der Waals surface area contributed by atoms with Crippen molar-refractivity contribution >= 4 is 17.6 Å². The lowest BCUT2D eigenvalue weighted by Crippen LogP contribution is -2.30. The number of aromatic nitrogens is 1. The van der Waals surface area contributed by atoms with Gasteiger partial charge in [-0.25, -0.2) is 0 Å². The first kappa shape index (κ1) is 14.0. The molecular formula is C12H17N3O3. The second-order valence-corrected chi connectivity index (χ2v) is 3.95. The van der Waals surface area contributed by atoms with E-state index in [2.05, 4.69) is 9.72 Å². The van der Waals surface area contributed by atoms with E-state index in [0.29, 0.717) is 23.5 Å². The number of carbonyl (C=O) groups excluding carboxylic acids is 2.